The Hall–Kier alpha value is -0.500. The number of hydrogen-bond donors (Lipinski definition) is 1. The molecule has 0 amide bonds. The molecule has 0 saturated carbocycles. The van der Waals surface area contributed by atoms with E-state index in [-0.39, 0.29) is 0 Å². The second-order valence-corrected chi connectivity index (χ2v) is 5.12. The van der Waals surface area contributed by atoms with Gasteiger partial charge in [0.15, 0.2) is 0 Å². The minimum absolute atomic E-state index is 0.486. The van der Waals surface area contributed by atoms with Crippen LogP contribution in [0.2, 0.25) is 10.0 Å². The second-order valence-electron chi connectivity index (χ2n) is 4.33. The summed E-state index contributed by atoms with van der Waals surface area (Å²) in [5, 5.41) is 4.64. The molecule has 1 rings (SSSR count). The van der Waals surface area contributed by atoms with E-state index < -0.39 is 0 Å². The zero-order valence-corrected chi connectivity index (χ0v) is 12.1. The predicted molar refractivity (Wildman–Crippen MR) is 77.9 cm³/mol. The largest absolute Gasteiger partial charge is 0.311 e. The van der Waals surface area contributed by atoms with Crippen molar-refractivity contribution in [2.45, 2.75) is 33.2 Å². The van der Waals surface area contributed by atoms with E-state index in [9.17, 15) is 0 Å². The van der Waals surface area contributed by atoms with Crippen LogP contribution in [-0.4, -0.2) is 12.6 Å². The standard InChI is InChI=1S/C14H19Cl2N/c1-4-11(9-17-10(2)3)8-12-6-5-7-13(15)14(12)16/h5-8,10,17H,4,9H2,1-3H3. The Morgan fingerprint density at radius 1 is 1.35 bits per heavy atom. The Morgan fingerprint density at radius 2 is 2.06 bits per heavy atom. The molecule has 0 unspecified atom stereocenters. The zero-order valence-electron chi connectivity index (χ0n) is 10.6. The van der Waals surface area contributed by atoms with Gasteiger partial charge in [-0.2, -0.15) is 0 Å². The number of nitrogens with one attached hydrogen (secondary N) is 1. The van der Waals surface area contributed by atoms with E-state index in [0.29, 0.717) is 16.1 Å². The van der Waals surface area contributed by atoms with Crippen LogP contribution < -0.4 is 5.32 Å². The Morgan fingerprint density at radius 3 is 2.65 bits per heavy atom. The lowest BCUT2D eigenvalue weighted by atomic mass is 10.1. The fourth-order valence-electron chi connectivity index (χ4n) is 1.47. The van der Waals surface area contributed by atoms with Gasteiger partial charge in [-0.3, -0.25) is 0 Å². The third kappa shape index (κ3) is 4.71. The lowest BCUT2D eigenvalue weighted by Gasteiger charge is -2.11. The molecule has 0 aliphatic heterocycles. The fraction of sp³-hybridized carbons (Fsp3) is 0.429. The smallest absolute Gasteiger partial charge is 0.0664 e. The van der Waals surface area contributed by atoms with E-state index in [1.165, 1.54) is 5.57 Å². The van der Waals surface area contributed by atoms with Gasteiger partial charge < -0.3 is 5.32 Å². The maximum absolute atomic E-state index is 6.16. The average Bonchev–Trinajstić information content (AvgIpc) is 2.29. The van der Waals surface area contributed by atoms with Crippen LogP contribution in [0.3, 0.4) is 0 Å². The van der Waals surface area contributed by atoms with Crippen molar-refractivity contribution in [3.05, 3.63) is 39.4 Å². The molecule has 0 fully saturated rings. The summed E-state index contributed by atoms with van der Waals surface area (Å²) < 4.78 is 0. The minimum atomic E-state index is 0.486. The number of benzene rings is 1. The second kappa shape index (κ2) is 7.05. The van der Waals surface area contributed by atoms with Crippen LogP contribution in [0.1, 0.15) is 32.8 Å². The van der Waals surface area contributed by atoms with Gasteiger partial charge in [-0.25, -0.2) is 0 Å². The van der Waals surface area contributed by atoms with Crippen LogP contribution in [0.15, 0.2) is 23.8 Å². The van der Waals surface area contributed by atoms with E-state index in [1.807, 2.05) is 12.1 Å². The molecule has 1 nitrogen and oxygen atoms in total. The van der Waals surface area contributed by atoms with E-state index in [4.69, 9.17) is 23.2 Å². The molecule has 94 valence electrons. The van der Waals surface area contributed by atoms with Gasteiger partial charge in [-0.05, 0) is 18.1 Å². The average molecular weight is 272 g/mol. The van der Waals surface area contributed by atoms with Crippen molar-refractivity contribution in [2.75, 3.05) is 6.54 Å². The van der Waals surface area contributed by atoms with Gasteiger partial charge in [0.05, 0.1) is 10.0 Å². The summed E-state index contributed by atoms with van der Waals surface area (Å²) >= 11 is 12.2. The van der Waals surface area contributed by atoms with Gasteiger partial charge in [-0.1, -0.05) is 67.8 Å². The molecular weight excluding hydrogens is 253 g/mol. The highest BCUT2D eigenvalue weighted by Crippen LogP contribution is 2.27. The van der Waals surface area contributed by atoms with Crippen LogP contribution in [0.4, 0.5) is 0 Å². The van der Waals surface area contributed by atoms with Crippen molar-refractivity contribution in [1.29, 1.82) is 0 Å². The Bertz CT molecular complexity index is 397. The maximum atomic E-state index is 6.16. The first-order valence-electron chi connectivity index (χ1n) is 5.91. The third-order valence-corrected chi connectivity index (χ3v) is 3.37. The summed E-state index contributed by atoms with van der Waals surface area (Å²) in [5.41, 5.74) is 2.31. The normalized spacial score (nSPS) is 12.2. The first kappa shape index (κ1) is 14.6. The van der Waals surface area contributed by atoms with Crippen molar-refractivity contribution in [2.24, 2.45) is 0 Å². The van der Waals surface area contributed by atoms with E-state index in [0.717, 1.165) is 18.5 Å². The molecule has 0 heterocycles. The summed E-state index contributed by atoms with van der Waals surface area (Å²) in [6.45, 7) is 7.31. The van der Waals surface area contributed by atoms with Crippen molar-refractivity contribution < 1.29 is 0 Å². The maximum Gasteiger partial charge on any atom is 0.0664 e. The molecule has 0 aromatic heterocycles. The molecule has 3 heteroatoms. The monoisotopic (exact) mass is 271 g/mol. The van der Waals surface area contributed by atoms with E-state index in [2.05, 4.69) is 32.2 Å². The molecule has 0 radical (unpaired) electrons. The minimum Gasteiger partial charge on any atom is -0.311 e. The molecule has 1 aromatic rings. The Kier molecular flexibility index (Phi) is 6.04. The number of halogens is 2. The highest BCUT2D eigenvalue weighted by atomic mass is 35.5. The Balaban J connectivity index is 2.86. The van der Waals surface area contributed by atoms with Gasteiger partial charge in [0, 0.05) is 12.6 Å². The SMILES string of the molecule is CCC(=Cc1cccc(Cl)c1Cl)CNC(C)C. The molecular formula is C14H19Cl2N. The summed E-state index contributed by atoms with van der Waals surface area (Å²) in [4.78, 5) is 0. The van der Waals surface area contributed by atoms with Crippen molar-refractivity contribution in [1.82, 2.24) is 5.32 Å². The van der Waals surface area contributed by atoms with Gasteiger partial charge in [0.2, 0.25) is 0 Å². The zero-order chi connectivity index (χ0) is 12.8. The molecule has 1 N–H and O–H groups in total. The van der Waals surface area contributed by atoms with E-state index >= 15 is 0 Å². The highest BCUT2D eigenvalue weighted by Gasteiger charge is 2.03. The predicted octanol–water partition coefficient (Wildman–Crippen LogP) is 4.78. The van der Waals surface area contributed by atoms with Crippen molar-refractivity contribution >= 4 is 29.3 Å². The first-order chi connectivity index (χ1) is 8.04. The summed E-state index contributed by atoms with van der Waals surface area (Å²) in [5.74, 6) is 0. The number of rotatable bonds is 5. The van der Waals surface area contributed by atoms with Crippen LogP contribution >= 0.6 is 23.2 Å². The molecule has 0 spiro atoms. The lowest BCUT2D eigenvalue weighted by Crippen LogP contribution is -2.24. The molecule has 1 aromatic carbocycles. The molecule has 17 heavy (non-hydrogen) atoms. The van der Waals surface area contributed by atoms with Crippen molar-refractivity contribution in [3.63, 3.8) is 0 Å². The van der Waals surface area contributed by atoms with Crippen LogP contribution in [0, 0.1) is 0 Å². The molecule has 0 saturated heterocycles. The van der Waals surface area contributed by atoms with E-state index in [1.54, 1.807) is 6.07 Å². The van der Waals surface area contributed by atoms with Gasteiger partial charge in [0.25, 0.3) is 0 Å². The summed E-state index contributed by atoms with van der Waals surface area (Å²) in [6.07, 6.45) is 3.12. The lowest BCUT2D eigenvalue weighted by molar-refractivity contribution is 0.617. The summed E-state index contributed by atoms with van der Waals surface area (Å²) in [6, 6.07) is 6.20. The quantitative estimate of drug-likeness (QED) is 0.813. The summed E-state index contributed by atoms with van der Waals surface area (Å²) in [7, 11) is 0. The molecule has 0 bridgehead atoms. The van der Waals surface area contributed by atoms with Crippen LogP contribution in [-0.2, 0) is 0 Å². The Labute approximate surface area is 114 Å². The highest BCUT2D eigenvalue weighted by molar-refractivity contribution is 6.42. The van der Waals surface area contributed by atoms with Crippen LogP contribution in [0.25, 0.3) is 6.08 Å². The van der Waals surface area contributed by atoms with Crippen LogP contribution in [0.5, 0.6) is 0 Å². The third-order valence-electron chi connectivity index (χ3n) is 2.53. The first-order valence-corrected chi connectivity index (χ1v) is 6.67. The van der Waals surface area contributed by atoms with Gasteiger partial charge in [-0.15, -0.1) is 0 Å². The van der Waals surface area contributed by atoms with Gasteiger partial charge in [0.1, 0.15) is 0 Å². The van der Waals surface area contributed by atoms with Gasteiger partial charge >= 0.3 is 0 Å². The van der Waals surface area contributed by atoms with Crippen molar-refractivity contribution in [3.8, 4) is 0 Å². The molecule has 0 aliphatic rings. The fourth-order valence-corrected chi connectivity index (χ4v) is 1.83. The molecule has 0 aliphatic carbocycles. The molecule has 0 atom stereocenters. The number of hydrogen-bond acceptors (Lipinski definition) is 1. The topological polar surface area (TPSA) is 12.0 Å².